The molecule has 2 unspecified atom stereocenters. The Morgan fingerprint density at radius 2 is 2.25 bits per heavy atom. The molecule has 1 heterocycles. The zero-order valence-corrected chi connectivity index (χ0v) is 11.9. The number of hydrogen-bond acceptors (Lipinski definition) is 2. The molecule has 2 rings (SSSR count). The number of halogens is 1. The average molecular weight is 278 g/mol. The van der Waals surface area contributed by atoms with Gasteiger partial charge in [-0.05, 0) is 29.7 Å². The average Bonchev–Trinajstić information content (AvgIpc) is 2.53. The van der Waals surface area contributed by atoms with E-state index in [1.165, 1.54) is 24.0 Å². The van der Waals surface area contributed by atoms with Gasteiger partial charge in [0.15, 0.2) is 0 Å². The Hall–Kier alpha value is -1.91. The molecule has 2 atom stereocenters. The second-order valence-electron chi connectivity index (χ2n) is 5.27. The fourth-order valence-corrected chi connectivity index (χ4v) is 2.54. The van der Waals surface area contributed by atoms with Crippen LogP contribution in [-0.4, -0.2) is 22.8 Å². The minimum atomic E-state index is -0.520. The second kappa shape index (κ2) is 5.61. The number of rotatable bonds is 2. The first kappa shape index (κ1) is 14.5. The van der Waals surface area contributed by atoms with Gasteiger partial charge in [-0.1, -0.05) is 20.3 Å². The molecule has 0 radical (unpaired) electrons. The molecule has 1 aromatic carbocycles. The van der Waals surface area contributed by atoms with Gasteiger partial charge in [0.1, 0.15) is 11.9 Å². The Balaban J connectivity index is 2.45. The molecule has 4 nitrogen and oxygen atoms in total. The lowest BCUT2D eigenvalue weighted by atomic mass is 9.96. The van der Waals surface area contributed by atoms with Crippen molar-refractivity contribution < 1.29 is 14.0 Å². The summed E-state index contributed by atoms with van der Waals surface area (Å²) in [5.74, 6) is -0.719. The van der Waals surface area contributed by atoms with Gasteiger partial charge in [0.25, 0.3) is 0 Å². The van der Waals surface area contributed by atoms with Crippen LogP contribution in [0, 0.1) is 11.7 Å². The number of benzene rings is 1. The van der Waals surface area contributed by atoms with E-state index >= 15 is 0 Å². The Morgan fingerprint density at radius 1 is 1.55 bits per heavy atom. The zero-order valence-electron chi connectivity index (χ0n) is 11.9. The zero-order chi connectivity index (χ0) is 14.9. The fourth-order valence-electron chi connectivity index (χ4n) is 2.54. The number of fused-ring (bicyclic) bond motifs is 1. The predicted octanol–water partition coefficient (Wildman–Crippen LogP) is 2.54. The lowest BCUT2D eigenvalue weighted by molar-refractivity contribution is -0.139. The summed E-state index contributed by atoms with van der Waals surface area (Å²) in [6, 6.07) is 3.69. The van der Waals surface area contributed by atoms with Crippen LogP contribution in [0.25, 0.3) is 0 Å². The SMILES string of the molecule is CCC(C)C1C(=O)Nc2ccc(F)cc2CN1C(C)=O. The Labute approximate surface area is 118 Å². The summed E-state index contributed by atoms with van der Waals surface area (Å²) >= 11 is 0. The molecule has 20 heavy (non-hydrogen) atoms. The van der Waals surface area contributed by atoms with Crippen LogP contribution >= 0.6 is 0 Å². The number of carbonyl (C=O) groups excluding carboxylic acids is 2. The van der Waals surface area contributed by atoms with Crippen molar-refractivity contribution >= 4 is 17.5 Å². The highest BCUT2D eigenvalue weighted by Gasteiger charge is 2.35. The summed E-state index contributed by atoms with van der Waals surface area (Å²) in [4.78, 5) is 25.8. The molecule has 2 amide bonds. The fraction of sp³-hybridized carbons (Fsp3) is 0.467. The maximum absolute atomic E-state index is 13.4. The summed E-state index contributed by atoms with van der Waals surface area (Å²) in [6.07, 6.45) is 0.784. The molecule has 0 saturated carbocycles. The van der Waals surface area contributed by atoms with Crippen LogP contribution in [0.2, 0.25) is 0 Å². The quantitative estimate of drug-likeness (QED) is 0.903. The minimum absolute atomic E-state index is 0.0399. The summed E-state index contributed by atoms with van der Waals surface area (Å²) in [7, 11) is 0. The van der Waals surface area contributed by atoms with Crippen LogP contribution in [0.4, 0.5) is 10.1 Å². The van der Waals surface area contributed by atoms with E-state index in [0.717, 1.165) is 6.42 Å². The van der Waals surface area contributed by atoms with E-state index < -0.39 is 6.04 Å². The Kier molecular flexibility index (Phi) is 4.06. The number of hydrogen-bond donors (Lipinski definition) is 1. The van der Waals surface area contributed by atoms with Crippen molar-refractivity contribution in [3.63, 3.8) is 0 Å². The van der Waals surface area contributed by atoms with Crippen LogP contribution in [0.15, 0.2) is 18.2 Å². The van der Waals surface area contributed by atoms with Crippen molar-refractivity contribution in [1.82, 2.24) is 4.90 Å². The Morgan fingerprint density at radius 3 is 2.85 bits per heavy atom. The van der Waals surface area contributed by atoms with Crippen molar-refractivity contribution in [2.75, 3.05) is 5.32 Å². The number of amides is 2. The van der Waals surface area contributed by atoms with Gasteiger partial charge in [0.2, 0.25) is 11.8 Å². The molecule has 1 N–H and O–H groups in total. The van der Waals surface area contributed by atoms with Crippen LogP contribution in [0.1, 0.15) is 32.8 Å². The molecule has 0 saturated heterocycles. The summed E-state index contributed by atoms with van der Waals surface area (Å²) in [5, 5.41) is 2.80. The number of anilines is 1. The van der Waals surface area contributed by atoms with Gasteiger partial charge in [-0.2, -0.15) is 0 Å². The molecule has 1 aromatic rings. The highest BCUT2D eigenvalue weighted by atomic mass is 19.1. The van der Waals surface area contributed by atoms with Crippen LogP contribution < -0.4 is 5.32 Å². The third-order valence-electron chi connectivity index (χ3n) is 3.86. The maximum Gasteiger partial charge on any atom is 0.247 e. The summed E-state index contributed by atoms with van der Waals surface area (Å²) < 4.78 is 13.4. The van der Waals surface area contributed by atoms with Gasteiger partial charge < -0.3 is 10.2 Å². The van der Waals surface area contributed by atoms with Crippen LogP contribution in [-0.2, 0) is 16.1 Å². The molecule has 1 aliphatic heterocycles. The highest BCUT2D eigenvalue weighted by Crippen LogP contribution is 2.27. The Bertz CT molecular complexity index is 545. The number of nitrogens with zero attached hydrogens (tertiary/aromatic N) is 1. The molecular weight excluding hydrogens is 259 g/mol. The maximum atomic E-state index is 13.4. The lowest BCUT2D eigenvalue weighted by Gasteiger charge is -2.31. The number of carbonyl (C=O) groups is 2. The molecule has 108 valence electrons. The highest BCUT2D eigenvalue weighted by molar-refractivity contribution is 5.98. The molecule has 1 aliphatic rings. The van der Waals surface area contributed by atoms with E-state index in [9.17, 15) is 14.0 Å². The molecule has 0 bridgehead atoms. The standard InChI is InChI=1S/C15H19FN2O2/c1-4-9(2)14-15(20)17-13-6-5-12(16)7-11(13)8-18(14)10(3)19/h5-7,9,14H,4,8H2,1-3H3,(H,17,20). The summed E-state index contributed by atoms with van der Waals surface area (Å²) in [5.41, 5.74) is 1.20. The van der Waals surface area contributed by atoms with Crippen LogP contribution in [0.3, 0.4) is 0 Å². The van der Waals surface area contributed by atoms with Gasteiger partial charge in [-0.3, -0.25) is 9.59 Å². The third kappa shape index (κ3) is 2.66. The lowest BCUT2D eigenvalue weighted by Crippen LogP contribution is -2.48. The molecule has 0 spiro atoms. The first-order valence-corrected chi connectivity index (χ1v) is 6.80. The van der Waals surface area contributed by atoms with Crippen molar-refractivity contribution in [3.05, 3.63) is 29.6 Å². The van der Waals surface area contributed by atoms with E-state index in [0.29, 0.717) is 11.3 Å². The molecule has 5 heteroatoms. The number of nitrogens with one attached hydrogen (secondary N) is 1. The van der Waals surface area contributed by atoms with Gasteiger partial charge >= 0.3 is 0 Å². The van der Waals surface area contributed by atoms with E-state index in [1.54, 1.807) is 6.07 Å². The van der Waals surface area contributed by atoms with Crippen molar-refractivity contribution in [1.29, 1.82) is 0 Å². The molecule has 0 fully saturated rings. The molecule has 0 aromatic heterocycles. The van der Waals surface area contributed by atoms with Gasteiger partial charge in [0.05, 0.1) is 0 Å². The first-order chi connectivity index (χ1) is 9.43. The molecular formula is C15H19FN2O2. The van der Waals surface area contributed by atoms with Crippen molar-refractivity contribution in [2.24, 2.45) is 5.92 Å². The normalized spacial score (nSPS) is 19.9. The summed E-state index contributed by atoms with van der Waals surface area (Å²) in [6.45, 7) is 5.61. The van der Waals surface area contributed by atoms with E-state index in [-0.39, 0.29) is 30.1 Å². The van der Waals surface area contributed by atoms with Crippen molar-refractivity contribution in [2.45, 2.75) is 39.8 Å². The largest absolute Gasteiger partial charge is 0.326 e. The van der Waals surface area contributed by atoms with E-state index in [2.05, 4.69) is 5.32 Å². The monoisotopic (exact) mass is 278 g/mol. The van der Waals surface area contributed by atoms with Gasteiger partial charge in [-0.25, -0.2) is 4.39 Å². The van der Waals surface area contributed by atoms with Crippen LogP contribution in [0.5, 0.6) is 0 Å². The van der Waals surface area contributed by atoms with Crippen molar-refractivity contribution in [3.8, 4) is 0 Å². The second-order valence-corrected chi connectivity index (χ2v) is 5.27. The topological polar surface area (TPSA) is 49.4 Å². The van der Waals surface area contributed by atoms with Gasteiger partial charge in [-0.15, -0.1) is 0 Å². The van der Waals surface area contributed by atoms with Gasteiger partial charge in [0, 0.05) is 19.2 Å². The smallest absolute Gasteiger partial charge is 0.247 e. The van der Waals surface area contributed by atoms with E-state index in [4.69, 9.17) is 0 Å². The third-order valence-corrected chi connectivity index (χ3v) is 3.86. The first-order valence-electron chi connectivity index (χ1n) is 6.80. The predicted molar refractivity (Wildman–Crippen MR) is 74.5 cm³/mol. The minimum Gasteiger partial charge on any atom is -0.326 e. The van der Waals surface area contributed by atoms with E-state index in [1.807, 2.05) is 13.8 Å². The molecule has 0 aliphatic carbocycles.